The molecule has 0 aliphatic carbocycles. The molecule has 0 fully saturated rings. The zero-order valence-corrected chi connectivity index (χ0v) is 13.2. The van der Waals surface area contributed by atoms with E-state index in [0.29, 0.717) is 27.9 Å². The van der Waals surface area contributed by atoms with Gasteiger partial charge in [0.05, 0.1) is 19.9 Å². The predicted molar refractivity (Wildman–Crippen MR) is 82.1 cm³/mol. The van der Waals surface area contributed by atoms with Gasteiger partial charge in [-0.1, -0.05) is 23.4 Å². The molecule has 2 rings (SSSR count). The predicted octanol–water partition coefficient (Wildman–Crippen LogP) is 3.41. The molecule has 0 spiro atoms. The Labute approximate surface area is 131 Å². The Kier molecular flexibility index (Phi) is 4.89. The highest BCUT2D eigenvalue weighted by molar-refractivity contribution is 7.98. The number of thioether (sulfide) groups is 1. The molecule has 0 N–H and O–H groups in total. The molecule has 5 nitrogen and oxygen atoms in total. The van der Waals surface area contributed by atoms with E-state index in [-0.39, 0.29) is 10.7 Å². The molecular weight excluding hydrogens is 310 g/mol. The van der Waals surface area contributed by atoms with Crippen molar-refractivity contribution in [3.63, 3.8) is 0 Å². The average Bonchev–Trinajstić information content (AvgIpc) is 2.53. The smallest absolute Gasteiger partial charge is 0.189 e. The third-order valence-electron chi connectivity index (χ3n) is 2.76. The maximum atomic E-state index is 9.29. The zero-order chi connectivity index (χ0) is 15.4. The summed E-state index contributed by atoms with van der Waals surface area (Å²) in [5.41, 5.74) is 1.37. The molecule has 0 saturated heterocycles. The van der Waals surface area contributed by atoms with Gasteiger partial charge in [-0.25, -0.2) is 9.97 Å². The number of benzene rings is 1. The first-order valence-electron chi connectivity index (χ1n) is 5.88. The number of aromatic nitrogens is 2. The van der Waals surface area contributed by atoms with Crippen LogP contribution in [0.2, 0.25) is 5.15 Å². The zero-order valence-electron chi connectivity index (χ0n) is 11.7. The second-order valence-electron chi connectivity index (χ2n) is 3.94. The van der Waals surface area contributed by atoms with Gasteiger partial charge in [-0.3, -0.25) is 0 Å². The van der Waals surface area contributed by atoms with Gasteiger partial charge >= 0.3 is 0 Å². The summed E-state index contributed by atoms with van der Waals surface area (Å²) in [6, 6.07) is 7.32. The summed E-state index contributed by atoms with van der Waals surface area (Å²) in [6.07, 6.45) is 1.84. The standard InChI is InChI=1S/C14H12ClN3O2S/c1-19-9-4-8(5-10(6-9)20-2)12-11(7-16)13(15)18-14(17-12)21-3/h4-6H,1-3H3. The highest BCUT2D eigenvalue weighted by Crippen LogP contribution is 2.33. The lowest BCUT2D eigenvalue weighted by Crippen LogP contribution is -1.98. The average molecular weight is 322 g/mol. The first kappa shape index (κ1) is 15.4. The number of rotatable bonds is 4. The summed E-state index contributed by atoms with van der Waals surface area (Å²) in [5.74, 6) is 1.21. The fraction of sp³-hybridized carbons (Fsp3) is 0.214. The Morgan fingerprint density at radius 2 is 1.76 bits per heavy atom. The number of nitriles is 1. The van der Waals surface area contributed by atoms with Gasteiger partial charge in [-0.05, 0) is 18.4 Å². The third kappa shape index (κ3) is 3.20. The summed E-state index contributed by atoms with van der Waals surface area (Å²) in [4.78, 5) is 8.44. The van der Waals surface area contributed by atoms with Crippen LogP contribution in [0.3, 0.4) is 0 Å². The maximum absolute atomic E-state index is 9.29. The Bertz CT molecular complexity index is 694. The minimum atomic E-state index is 0.133. The molecule has 1 aromatic heterocycles. The van der Waals surface area contributed by atoms with Crippen LogP contribution in [0, 0.1) is 11.3 Å². The van der Waals surface area contributed by atoms with Crippen LogP contribution >= 0.6 is 23.4 Å². The van der Waals surface area contributed by atoms with Crippen molar-refractivity contribution in [2.45, 2.75) is 5.16 Å². The van der Waals surface area contributed by atoms with E-state index in [4.69, 9.17) is 21.1 Å². The monoisotopic (exact) mass is 321 g/mol. The number of hydrogen-bond donors (Lipinski definition) is 0. The summed E-state index contributed by atoms with van der Waals surface area (Å²) in [7, 11) is 3.12. The van der Waals surface area contributed by atoms with E-state index in [1.165, 1.54) is 11.8 Å². The summed E-state index contributed by atoms with van der Waals surface area (Å²) < 4.78 is 10.5. The molecule has 1 aromatic carbocycles. The maximum Gasteiger partial charge on any atom is 0.189 e. The molecule has 21 heavy (non-hydrogen) atoms. The van der Waals surface area contributed by atoms with E-state index < -0.39 is 0 Å². The van der Waals surface area contributed by atoms with E-state index in [0.717, 1.165) is 0 Å². The van der Waals surface area contributed by atoms with Crippen molar-refractivity contribution >= 4 is 23.4 Å². The largest absolute Gasteiger partial charge is 0.497 e. The van der Waals surface area contributed by atoms with Gasteiger partial charge in [0.1, 0.15) is 23.1 Å². The van der Waals surface area contributed by atoms with Gasteiger partial charge in [0.15, 0.2) is 10.3 Å². The first-order valence-corrected chi connectivity index (χ1v) is 7.48. The topological polar surface area (TPSA) is 68.0 Å². The number of nitrogens with zero attached hydrogens (tertiary/aromatic N) is 3. The molecule has 1 heterocycles. The molecule has 0 unspecified atom stereocenters. The molecule has 0 aliphatic rings. The molecule has 108 valence electrons. The van der Waals surface area contributed by atoms with Gasteiger partial charge in [-0.15, -0.1) is 0 Å². The Morgan fingerprint density at radius 3 is 2.24 bits per heavy atom. The molecule has 0 bridgehead atoms. The second kappa shape index (κ2) is 6.66. The Hall–Kier alpha value is -1.97. The van der Waals surface area contributed by atoms with E-state index in [1.807, 2.05) is 12.3 Å². The first-order chi connectivity index (χ1) is 10.1. The summed E-state index contributed by atoms with van der Waals surface area (Å²) in [6.45, 7) is 0. The summed E-state index contributed by atoms with van der Waals surface area (Å²) in [5, 5.41) is 9.92. The SMILES string of the molecule is COc1cc(OC)cc(-c2nc(SC)nc(Cl)c2C#N)c1. The Balaban J connectivity index is 2.71. The minimum Gasteiger partial charge on any atom is -0.497 e. The van der Waals surface area contributed by atoms with Gasteiger partial charge in [-0.2, -0.15) is 5.26 Å². The van der Waals surface area contributed by atoms with Crippen LogP contribution in [0.15, 0.2) is 23.4 Å². The van der Waals surface area contributed by atoms with Crippen LogP contribution < -0.4 is 9.47 Å². The molecule has 0 atom stereocenters. The van der Waals surface area contributed by atoms with Crippen molar-refractivity contribution in [1.82, 2.24) is 9.97 Å². The Morgan fingerprint density at radius 1 is 1.14 bits per heavy atom. The fourth-order valence-corrected chi connectivity index (χ4v) is 2.38. The third-order valence-corrected chi connectivity index (χ3v) is 3.58. The minimum absolute atomic E-state index is 0.133. The fourth-order valence-electron chi connectivity index (χ4n) is 1.76. The molecular formula is C14H12ClN3O2S. The van der Waals surface area contributed by atoms with Crippen molar-refractivity contribution in [3.8, 4) is 28.8 Å². The van der Waals surface area contributed by atoms with Crippen molar-refractivity contribution in [3.05, 3.63) is 28.9 Å². The van der Waals surface area contributed by atoms with Gasteiger partial charge < -0.3 is 9.47 Å². The highest BCUT2D eigenvalue weighted by Gasteiger charge is 2.16. The molecule has 7 heteroatoms. The van der Waals surface area contributed by atoms with Crippen LogP contribution in [0.1, 0.15) is 5.56 Å². The van der Waals surface area contributed by atoms with Crippen LogP contribution in [0.4, 0.5) is 0 Å². The van der Waals surface area contributed by atoms with Crippen molar-refractivity contribution in [1.29, 1.82) is 5.26 Å². The van der Waals surface area contributed by atoms with Crippen molar-refractivity contribution in [2.24, 2.45) is 0 Å². The van der Waals surface area contributed by atoms with Crippen LogP contribution in [0.5, 0.6) is 11.5 Å². The lowest BCUT2D eigenvalue weighted by atomic mass is 10.1. The number of halogens is 1. The normalized spacial score (nSPS) is 10.0. The van der Waals surface area contributed by atoms with E-state index in [9.17, 15) is 5.26 Å². The van der Waals surface area contributed by atoms with Crippen LogP contribution in [0.25, 0.3) is 11.3 Å². The van der Waals surface area contributed by atoms with Gasteiger partial charge in [0, 0.05) is 11.6 Å². The number of ether oxygens (including phenoxy) is 2. The lowest BCUT2D eigenvalue weighted by molar-refractivity contribution is 0.394. The second-order valence-corrected chi connectivity index (χ2v) is 5.07. The molecule has 0 radical (unpaired) electrons. The van der Waals surface area contributed by atoms with Crippen molar-refractivity contribution in [2.75, 3.05) is 20.5 Å². The molecule has 0 saturated carbocycles. The van der Waals surface area contributed by atoms with Crippen LogP contribution in [-0.4, -0.2) is 30.4 Å². The summed E-state index contributed by atoms with van der Waals surface area (Å²) >= 11 is 7.41. The number of hydrogen-bond acceptors (Lipinski definition) is 6. The number of methoxy groups -OCH3 is 2. The lowest BCUT2D eigenvalue weighted by Gasteiger charge is -2.10. The molecule has 0 aliphatic heterocycles. The van der Waals surface area contributed by atoms with Gasteiger partial charge in [0.25, 0.3) is 0 Å². The van der Waals surface area contributed by atoms with E-state index >= 15 is 0 Å². The van der Waals surface area contributed by atoms with Crippen molar-refractivity contribution < 1.29 is 9.47 Å². The van der Waals surface area contributed by atoms with E-state index in [1.54, 1.807) is 32.4 Å². The van der Waals surface area contributed by atoms with Crippen LogP contribution in [-0.2, 0) is 0 Å². The molecule has 2 aromatic rings. The molecule has 0 amide bonds. The van der Waals surface area contributed by atoms with Gasteiger partial charge in [0.2, 0.25) is 0 Å². The highest BCUT2D eigenvalue weighted by atomic mass is 35.5. The van der Waals surface area contributed by atoms with E-state index in [2.05, 4.69) is 9.97 Å². The quantitative estimate of drug-likeness (QED) is 0.488.